The van der Waals surface area contributed by atoms with Crippen LogP contribution in [0.3, 0.4) is 0 Å². The summed E-state index contributed by atoms with van der Waals surface area (Å²) in [6.07, 6.45) is 0. The molecule has 146 valence electrons. The van der Waals surface area contributed by atoms with E-state index in [2.05, 4.69) is 16.0 Å². The predicted octanol–water partition coefficient (Wildman–Crippen LogP) is 0.103. The van der Waals surface area contributed by atoms with Crippen molar-refractivity contribution in [1.82, 2.24) is 20.9 Å². The van der Waals surface area contributed by atoms with Crippen molar-refractivity contribution < 1.29 is 23.9 Å². The van der Waals surface area contributed by atoms with E-state index in [9.17, 15) is 19.2 Å². The molecule has 0 spiro atoms. The molecule has 3 N–H and O–H groups in total. The van der Waals surface area contributed by atoms with Gasteiger partial charge in [0, 0.05) is 6.54 Å². The lowest BCUT2D eigenvalue weighted by molar-refractivity contribution is -0.135. The zero-order chi connectivity index (χ0) is 20.2. The Morgan fingerprint density at radius 2 is 1.89 bits per heavy atom. The Morgan fingerprint density at radius 3 is 2.44 bits per heavy atom. The molecule has 0 bridgehead atoms. The van der Waals surface area contributed by atoms with Gasteiger partial charge in [0.2, 0.25) is 11.8 Å². The molecule has 27 heavy (non-hydrogen) atoms. The fourth-order valence-electron chi connectivity index (χ4n) is 2.78. The van der Waals surface area contributed by atoms with Crippen molar-refractivity contribution in [3.8, 4) is 5.75 Å². The lowest BCUT2D eigenvalue weighted by atomic mass is 9.92. The van der Waals surface area contributed by atoms with Crippen molar-refractivity contribution >= 4 is 23.8 Å². The number of likely N-dealkylation sites (N-methyl/N-ethyl adjacent to an activating group) is 1. The Morgan fingerprint density at radius 1 is 1.26 bits per heavy atom. The van der Waals surface area contributed by atoms with Crippen molar-refractivity contribution in [2.24, 2.45) is 0 Å². The summed E-state index contributed by atoms with van der Waals surface area (Å²) in [4.78, 5) is 49.8. The second-order valence-electron chi connectivity index (χ2n) is 6.36. The van der Waals surface area contributed by atoms with Crippen LogP contribution < -0.4 is 20.7 Å². The molecule has 5 amide bonds. The number of nitrogens with one attached hydrogen (secondary N) is 3. The zero-order valence-electron chi connectivity index (χ0n) is 15.8. The molecule has 1 aliphatic rings. The molecule has 1 aromatic rings. The van der Waals surface area contributed by atoms with Gasteiger partial charge in [-0.05, 0) is 38.5 Å². The van der Waals surface area contributed by atoms with Crippen molar-refractivity contribution in [2.75, 3.05) is 20.2 Å². The number of nitrogens with zero attached hydrogens (tertiary/aromatic N) is 1. The van der Waals surface area contributed by atoms with E-state index in [4.69, 9.17) is 4.74 Å². The molecule has 2 atom stereocenters. The summed E-state index contributed by atoms with van der Waals surface area (Å²) in [6.45, 7) is 4.83. The van der Waals surface area contributed by atoms with Gasteiger partial charge >= 0.3 is 6.03 Å². The van der Waals surface area contributed by atoms with Crippen LogP contribution in [0.4, 0.5) is 4.79 Å². The van der Waals surface area contributed by atoms with Gasteiger partial charge in [-0.3, -0.25) is 19.3 Å². The maximum absolute atomic E-state index is 12.8. The summed E-state index contributed by atoms with van der Waals surface area (Å²) in [7, 11) is 1.53. The van der Waals surface area contributed by atoms with E-state index in [0.29, 0.717) is 17.9 Å². The highest BCUT2D eigenvalue weighted by Gasteiger charge is 2.49. The number of carbonyl (C=O) groups is 4. The summed E-state index contributed by atoms with van der Waals surface area (Å²) < 4.78 is 5.09. The minimum Gasteiger partial charge on any atom is -0.497 e. The summed E-state index contributed by atoms with van der Waals surface area (Å²) in [5.74, 6) is -0.865. The lowest BCUT2D eigenvalue weighted by Gasteiger charge is -2.22. The molecule has 0 aromatic heterocycles. The number of amides is 5. The van der Waals surface area contributed by atoms with Crippen LogP contribution in [0, 0.1) is 0 Å². The van der Waals surface area contributed by atoms with Crippen LogP contribution >= 0.6 is 0 Å². The Labute approximate surface area is 157 Å². The van der Waals surface area contributed by atoms with Crippen LogP contribution in [0.2, 0.25) is 0 Å². The third-order valence-corrected chi connectivity index (χ3v) is 4.37. The largest absolute Gasteiger partial charge is 0.497 e. The first-order valence-electron chi connectivity index (χ1n) is 8.58. The Balaban J connectivity index is 2.08. The molecule has 0 saturated carbocycles. The van der Waals surface area contributed by atoms with Gasteiger partial charge in [-0.15, -0.1) is 0 Å². The van der Waals surface area contributed by atoms with Gasteiger partial charge < -0.3 is 20.7 Å². The van der Waals surface area contributed by atoms with Crippen molar-refractivity contribution in [2.45, 2.75) is 32.4 Å². The van der Waals surface area contributed by atoms with E-state index in [1.165, 1.54) is 14.0 Å². The predicted molar refractivity (Wildman–Crippen MR) is 96.9 cm³/mol. The molecule has 1 fully saturated rings. The Kier molecular flexibility index (Phi) is 6.04. The first-order chi connectivity index (χ1) is 12.7. The average Bonchev–Trinajstić information content (AvgIpc) is 2.86. The number of ether oxygens (including phenoxy) is 1. The maximum atomic E-state index is 12.8. The van der Waals surface area contributed by atoms with Gasteiger partial charge in [-0.2, -0.15) is 0 Å². The number of hydrogen-bond acceptors (Lipinski definition) is 5. The van der Waals surface area contributed by atoms with Gasteiger partial charge in [0.05, 0.1) is 7.11 Å². The van der Waals surface area contributed by atoms with Gasteiger partial charge in [0.25, 0.3) is 5.91 Å². The van der Waals surface area contributed by atoms with E-state index in [1.54, 1.807) is 38.1 Å². The molecule has 9 heteroatoms. The molecule has 0 radical (unpaired) electrons. The van der Waals surface area contributed by atoms with Crippen LogP contribution in [-0.2, 0) is 19.9 Å². The van der Waals surface area contributed by atoms with Crippen LogP contribution in [0.15, 0.2) is 24.3 Å². The number of rotatable bonds is 7. The fraction of sp³-hybridized carbons (Fsp3) is 0.444. The number of urea groups is 1. The first-order valence-corrected chi connectivity index (χ1v) is 8.58. The molecule has 1 heterocycles. The minimum atomic E-state index is -1.28. The smallest absolute Gasteiger partial charge is 0.325 e. The standard InChI is InChI=1S/C18H24N4O5/c1-5-19-15(24)11(2)20-14(23)10-22-16(25)18(3,21-17(22)26)12-6-8-13(27-4)9-7-12/h6-9,11H,5,10H2,1-4H3,(H,19,24)(H,20,23)(H,21,26). The van der Waals surface area contributed by atoms with Crippen LogP contribution in [0.25, 0.3) is 0 Å². The maximum Gasteiger partial charge on any atom is 0.325 e. The average molecular weight is 376 g/mol. The number of methoxy groups -OCH3 is 1. The van der Waals surface area contributed by atoms with E-state index < -0.39 is 36.0 Å². The first kappa shape index (κ1) is 20.2. The van der Waals surface area contributed by atoms with Crippen LogP contribution in [0.5, 0.6) is 5.75 Å². The Bertz CT molecular complexity index is 749. The molecular weight excluding hydrogens is 352 g/mol. The number of imide groups is 1. The second kappa shape index (κ2) is 8.07. The minimum absolute atomic E-state index is 0.342. The topological polar surface area (TPSA) is 117 Å². The molecule has 2 unspecified atom stereocenters. The third kappa shape index (κ3) is 4.18. The zero-order valence-corrected chi connectivity index (χ0v) is 15.8. The molecule has 9 nitrogen and oxygen atoms in total. The van der Waals surface area contributed by atoms with Crippen LogP contribution in [0.1, 0.15) is 26.3 Å². The van der Waals surface area contributed by atoms with Crippen LogP contribution in [-0.4, -0.2) is 54.9 Å². The Hall–Kier alpha value is -3.10. The molecular formula is C18H24N4O5. The highest BCUT2D eigenvalue weighted by atomic mass is 16.5. The molecule has 1 saturated heterocycles. The highest BCUT2D eigenvalue weighted by molar-refractivity contribution is 6.09. The quantitative estimate of drug-likeness (QED) is 0.584. The molecule has 0 aliphatic carbocycles. The number of hydrogen-bond donors (Lipinski definition) is 3. The SMILES string of the molecule is CCNC(=O)C(C)NC(=O)CN1C(=O)NC(C)(c2ccc(OC)cc2)C1=O. The normalized spacial score (nSPS) is 20.1. The monoisotopic (exact) mass is 376 g/mol. The summed E-state index contributed by atoms with van der Waals surface area (Å²) in [5.41, 5.74) is -0.713. The number of benzene rings is 1. The molecule has 1 aliphatic heterocycles. The van der Waals surface area contributed by atoms with E-state index in [1.807, 2.05) is 0 Å². The van der Waals surface area contributed by atoms with Gasteiger partial charge in [0.15, 0.2) is 0 Å². The van der Waals surface area contributed by atoms with Gasteiger partial charge in [0.1, 0.15) is 23.9 Å². The van der Waals surface area contributed by atoms with Crippen molar-refractivity contribution in [3.05, 3.63) is 29.8 Å². The van der Waals surface area contributed by atoms with Crippen molar-refractivity contribution in [3.63, 3.8) is 0 Å². The summed E-state index contributed by atoms with van der Waals surface area (Å²) in [6, 6.07) is 5.28. The van der Waals surface area contributed by atoms with Gasteiger partial charge in [-0.1, -0.05) is 12.1 Å². The molecule has 1 aromatic carbocycles. The highest BCUT2D eigenvalue weighted by Crippen LogP contribution is 2.29. The molecule has 2 rings (SSSR count). The fourth-order valence-corrected chi connectivity index (χ4v) is 2.78. The van der Waals surface area contributed by atoms with E-state index in [-0.39, 0.29) is 5.91 Å². The van der Waals surface area contributed by atoms with Gasteiger partial charge in [-0.25, -0.2) is 4.79 Å². The lowest BCUT2D eigenvalue weighted by Crippen LogP contribution is -2.49. The third-order valence-electron chi connectivity index (χ3n) is 4.37. The summed E-state index contributed by atoms with van der Waals surface area (Å²) >= 11 is 0. The second-order valence-corrected chi connectivity index (χ2v) is 6.36. The van der Waals surface area contributed by atoms with E-state index >= 15 is 0 Å². The van der Waals surface area contributed by atoms with E-state index in [0.717, 1.165) is 4.90 Å². The van der Waals surface area contributed by atoms with Crippen molar-refractivity contribution in [1.29, 1.82) is 0 Å². The number of carbonyl (C=O) groups excluding carboxylic acids is 4. The summed E-state index contributed by atoms with van der Waals surface area (Å²) in [5, 5.41) is 7.68.